The highest BCUT2D eigenvalue weighted by molar-refractivity contribution is 5.85. The van der Waals surface area contributed by atoms with E-state index in [4.69, 9.17) is 5.11 Å². The number of aromatic nitrogens is 2. The van der Waals surface area contributed by atoms with E-state index in [2.05, 4.69) is 15.3 Å². The van der Waals surface area contributed by atoms with E-state index in [1.165, 1.54) is 6.20 Å². The molecule has 0 unspecified atom stereocenters. The molecular weight excluding hydrogens is 248 g/mol. The number of nitrogens with one attached hydrogen (secondary N) is 1. The SMILES string of the molecule is CN(CC(=O)NC(C)(C)C)c1cnc(C(=O)O)cn1. The Morgan fingerprint density at radius 2 is 1.95 bits per heavy atom. The molecule has 0 fully saturated rings. The summed E-state index contributed by atoms with van der Waals surface area (Å²) in [6.07, 6.45) is 2.49. The first-order valence-electron chi connectivity index (χ1n) is 5.76. The molecule has 104 valence electrons. The second-order valence-electron chi connectivity index (χ2n) is 5.22. The number of amides is 1. The lowest BCUT2D eigenvalue weighted by Crippen LogP contribution is -2.45. The van der Waals surface area contributed by atoms with Crippen LogP contribution in [-0.4, -0.2) is 46.1 Å². The third kappa shape index (κ3) is 4.90. The molecule has 1 heterocycles. The molecule has 0 bridgehead atoms. The van der Waals surface area contributed by atoms with Gasteiger partial charge in [0.2, 0.25) is 5.91 Å². The van der Waals surface area contributed by atoms with Crippen LogP contribution < -0.4 is 10.2 Å². The monoisotopic (exact) mass is 266 g/mol. The van der Waals surface area contributed by atoms with Crippen molar-refractivity contribution in [3.05, 3.63) is 18.1 Å². The van der Waals surface area contributed by atoms with Crippen molar-refractivity contribution in [3.63, 3.8) is 0 Å². The van der Waals surface area contributed by atoms with E-state index in [0.29, 0.717) is 5.82 Å². The van der Waals surface area contributed by atoms with E-state index in [1.54, 1.807) is 11.9 Å². The van der Waals surface area contributed by atoms with Crippen molar-refractivity contribution in [1.29, 1.82) is 0 Å². The zero-order chi connectivity index (χ0) is 14.6. The van der Waals surface area contributed by atoms with Crippen LogP contribution in [0.1, 0.15) is 31.3 Å². The Balaban J connectivity index is 2.65. The summed E-state index contributed by atoms with van der Waals surface area (Å²) in [5.74, 6) is -0.833. The minimum Gasteiger partial charge on any atom is -0.476 e. The van der Waals surface area contributed by atoms with Gasteiger partial charge in [-0.2, -0.15) is 0 Å². The fourth-order valence-electron chi connectivity index (χ4n) is 1.38. The molecule has 0 aromatic carbocycles. The molecule has 0 atom stereocenters. The van der Waals surface area contributed by atoms with E-state index < -0.39 is 5.97 Å². The van der Waals surface area contributed by atoms with Gasteiger partial charge in [-0.05, 0) is 20.8 Å². The van der Waals surface area contributed by atoms with Crippen LogP contribution in [0.2, 0.25) is 0 Å². The molecular formula is C12H18N4O3. The van der Waals surface area contributed by atoms with Crippen molar-refractivity contribution in [3.8, 4) is 0 Å². The van der Waals surface area contributed by atoms with Crippen molar-refractivity contribution in [2.24, 2.45) is 0 Å². The lowest BCUT2D eigenvalue weighted by molar-refractivity contribution is -0.121. The summed E-state index contributed by atoms with van der Waals surface area (Å²) in [6.45, 7) is 5.81. The Hall–Kier alpha value is -2.18. The Labute approximate surface area is 111 Å². The van der Waals surface area contributed by atoms with Gasteiger partial charge in [0.25, 0.3) is 0 Å². The van der Waals surface area contributed by atoms with Crippen LogP contribution >= 0.6 is 0 Å². The molecule has 0 radical (unpaired) electrons. The zero-order valence-electron chi connectivity index (χ0n) is 11.5. The van der Waals surface area contributed by atoms with Gasteiger partial charge in [-0.1, -0.05) is 0 Å². The Kier molecular flexibility index (Phi) is 4.42. The van der Waals surface area contributed by atoms with Crippen LogP contribution in [0.5, 0.6) is 0 Å². The van der Waals surface area contributed by atoms with Gasteiger partial charge in [0.1, 0.15) is 5.82 Å². The largest absolute Gasteiger partial charge is 0.476 e. The second kappa shape index (κ2) is 5.64. The number of aromatic carboxylic acids is 1. The van der Waals surface area contributed by atoms with Gasteiger partial charge in [0.05, 0.1) is 18.9 Å². The van der Waals surface area contributed by atoms with E-state index in [1.807, 2.05) is 20.8 Å². The molecule has 1 rings (SSSR count). The van der Waals surface area contributed by atoms with Crippen molar-refractivity contribution in [1.82, 2.24) is 15.3 Å². The molecule has 0 aliphatic carbocycles. The summed E-state index contributed by atoms with van der Waals surface area (Å²) < 4.78 is 0. The molecule has 19 heavy (non-hydrogen) atoms. The summed E-state index contributed by atoms with van der Waals surface area (Å²) in [5.41, 5.74) is -0.423. The van der Waals surface area contributed by atoms with E-state index in [9.17, 15) is 9.59 Å². The third-order valence-electron chi connectivity index (χ3n) is 2.14. The summed E-state index contributed by atoms with van der Waals surface area (Å²) in [4.78, 5) is 31.7. The molecule has 1 amide bonds. The molecule has 7 nitrogen and oxygen atoms in total. The number of anilines is 1. The maximum atomic E-state index is 11.7. The molecule has 0 aliphatic heterocycles. The van der Waals surface area contributed by atoms with Crippen LogP contribution in [0, 0.1) is 0 Å². The van der Waals surface area contributed by atoms with E-state index >= 15 is 0 Å². The number of likely N-dealkylation sites (N-methyl/N-ethyl adjacent to an activating group) is 1. The minimum atomic E-state index is -1.13. The van der Waals surface area contributed by atoms with E-state index in [-0.39, 0.29) is 23.7 Å². The van der Waals surface area contributed by atoms with Crippen LogP contribution in [0.25, 0.3) is 0 Å². The number of hydrogen-bond donors (Lipinski definition) is 2. The van der Waals surface area contributed by atoms with Gasteiger partial charge in [-0.25, -0.2) is 14.8 Å². The number of hydrogen-bond acceptors (Lipinski definition) is 5. The molecule has 0 saturated carbocycles. The Morgan fingerprint density at radius 3 is 2.37 bits per heavy atom. The highest BCUT2D eigenvalue weighted by Crippen LogP contribution is 2.07. The standard InChI is InChI=1S/C12H18N4O3/c1-12(2,3)15-10(17)7-16(4)9-6-13-8(5-14-9)11(18)19/h5-6H,7H2,1-4H3,(H,15,17)(H,18,19). The van der Waals surface area contributed by atoms with Gasteiger partial charge in [-0.3, -0.25) is 4.79 Å². The number of carboxylic acid groups (broad SMARTS) is 1. The first kappa shape index (κ1) is 14.9. The smallest absolute Gasteiger partial charge is 0.356 e. The Morgan fingerprint density at radius 1 is 1.32 bits per heavy atom. The molecule has 0 saturated heterocycles. The summed E-state index contributed by atoms with van der Waals surface area (Å²) in [7, 11) is 1.69. The maximum Gasteiger partial charge on any atom is 0.356 e. The van der Waals surface area contributed by atoms with Gasteiger partial charge >= 0.3 is 5.97 Å². The lowest BCUT2D eigenvalue weighted by Gasteiger charge is -2.23. The Bertz CT molecular complexity index is 465. The van der Waals surface area contributed by atoms with Gasteiger partial charge in [0, 0.05) is 12.6 Å². The van der Waals surface area contributed by atoms with Crippen LogP contribution in [0.15, 0.2) is 12.4 Å². The summed E-state index contributed by atoms with van der Waals surface area (Å²) >= 11 is 0. The molecule has 7 heteroatoms. The quantitative estimate of drug-likeness (QED) is 0.825. The highest BCUT2D eigenvalue weighted by atomic mass is 16.4. The number of carboxylic acids is 1. The summed E-state index contributed by atoms with van der Waals surface area (Å²) in [5, 5.41) is 11.5. The van der Waals surface area contributed by atoms with Crippen molar-refractivity contribution < 1.29 is 14.7 Å². The van der Waals surface area contributed by atoms with Crippen LogP contribution in [0.4, 0.5) is 5.82 Å². The van der Waals surface area contributed by atoms with Gasteiger partial charge in [-0.15, -0.1) is 0 Å². The van der Waals surface area contributed by atoms with Crippen LogP contribution in [-0.2, 0) is 4.79 Å². The molecule has 1 aromatic rings. The lowest BCUT2D eigenvalue weighted by atomic mass is 10.1. The first-order chi connectivity index (χ1) is 8.69. The normalized spacial score (nSPS) is 10.9. The predicted molar refractivity (Wildman–Crippen MR) is 70.2 cm³/mol. The number of rotatable bonds is 4. The fourth-order valence-corrected chi connectivity index (χ4v) is 1.38. The topological polar surface area (TPSA) is 95.4 Å². The van der Waals surface area contributed by atoms with Gasteiger partial charge < -0.3 is 15.3 Å². The second-order valence-corrected chi connectivity index (χ2v) is 5.22. The predicted octanol–water partition coefficient (Wildman–Crippen LogP) is 0.526. The molecule has 0 spiro atoms. The first-order valence-corrected chi connectivity index (χ1v) is 5.76. The zero-order valence-corrected chi connectivity index (χ0v) is 11.5. The third-order valence-corrected chi connectivity index (χ3v) is 2.14. The number of nitrogens with zero attached hydrogens (tertiary/aromatic N) is 3. The summed E-state index contributed by atoms with van der Waals surface area (Å²) in [6, 6.07) is 0. The van der Waals surface area contributed by atoms with Crippen molar-refractivity contribution in [2.75, 3.05) is 18.5 Å². The van der Waals surface area contributed by atoms with Gasteiger partial charge in [0.15, 0.2) is 5.69 Å². The molecule has 2 N–H and O–H groups in total. The average molecular weight is 266 g/mol. The van der Waals surface area contributed by atoms with Crippen molar-refractivity contribution in [2.45, 2.75) is 26.3 Å². The molecule has 1 aromatic heterocycles. The minimum absolute atomic E-state index is 0.123. The fraction of sp³-hybridized carbons (Fsp3) is 0.500. The van der Waals surface area contributed by atoms with Crippen molar-refractivity contribution >= 4 is 17.7 Å². The number of carbonyl (C=O) groups is 2. The highest BCUT2D eigenvalue weighted by Gasteiger charge is 2.16. The maximum absolute atomic E-state index is 11.7. The average Bonchev–Trinajstić information content (AvgIpc) is 2.26. The molecule has 0 aliphatic rings. The number of carbonyl (C=O) groups excluding carboxylic acids is 1. The van der Waals surface area contributed by atoms with E-state index in [0.717, 1.165) is 6.20 Å². The van der Waals surface area contributed by atoms with Crippen LogP contribution in [0.3, 0.4) is 0 Å².